The van der Waals surface area contributed by atoms with Crippen molar-refractivity contribution >= 4 is 0 Å². The van der Waals surface area contributed by atoms with Gasteiger partial charge in [-0.05, 0) is 37.5 Å². The molecule has 4 rings (SSSR count). The molecule has 2 bridgehead atoms. The van der Waals surface area contributed by atoms with E-state index in [4.69, 9.17) is 4.74 Å². The first-order valence-electron chi connectivity index (χ1n) is 7.96. The highest BCUT2D eigenvalue weighted by molar-refractivity contribution is 4.96. The maximum Gasteiger partial charge on any atom is 0.0622 e. The molecule has 4 aliphatic rings. The molecular formula is C15H26N2O. The highest BCUT2D eigenvalue weighted by atomic mass is 16.5. The zero-order valence-corrected chi connectivity index (χ0v) is 11.4. The molecule has 0 spiro atoms. The Balaban J connectivity index is 1.32. The summed E-state index contributed by atoms with van der Waals surface area (Å²) in [6.07, 6.45) is 7.36. The van der Waals surface area contributed by atoms with Gasteiger partial charge < -0.3 is 4.74 Å². The molecule has 2 heterocycles. The van der Waals surface area contributed by atoms with Gasteiger partial charge in [-0.2, -0.15) is 0 Å². The Bertz CT molecular complexity index is 295. The fraction of sp³-hybridized carbons (Fsp3) is 1.00. The highest BCUT2D eigenvalue weighted by Crippen LogP contribution is 2.46. The first kappa shape index (κ1) is 11.7. The van der Waals surface area contributed by atoms with Crippen LogP contribution in [-0.2, 0) is 4.74 Å². The predicted molar refractivity (Wildman–Crippen MR) is 71.6 cm³/mol. The summed E-state index contributed by atoms with van der Waals surface area (Å²) in [5, 5.41) is 0. The topological polar surface area (TPSA) is 15.7 Å². The SMILES string of the molecule is C1C[C@@H](N2CCN([C@@H]3C[C@H]4CC[C@H]3C4)CC2)CO1. The average Bonchev–Trinajstić information content (AvgIpc) is 3.16. The Hall–Kier alpha value is -0.120. The molecule has 3 nitrogen and oxygen atoms in total. The lowest BCUT2D eigenvalue weighted by Crippen LogP contribution is -2.54. The Morgan fingerprint density at radius 2 is 1.67 bits per heavy atom. The van der Waals surface area contributed by atoms with Crippen molar-refractivity contribution in [1.29, 1.82) is 0 Å². The molecule has 2 aliphatic heterocycles. The summed E-state index contributed by atoms with van der Waals surface area (Å²) in [5.74, 6) is 2.14. The lowest BCUT2D eigenvalue weighted by molar-refractivity contribution is 0.0463. The molecule has 3 heteroatoms. The van der Waals surface area contributed by atoms with Crippen LogP contribution in [0.3, 0.4) is 0 Å². The molecule has 102 valence electrons. The Labute approximate surface area is 110 Å². The molecule has 4 atom stereocenters. The standard InChI is InChI=1S/C15H26N2O/c1-2-13-9-12(1)10-15(13)17-6-4-16(5-7-17)14-3-8-18-11-14/h12-15H,1-11H2/t12-,13-,14+,15+/m0/s1. The smallest absolute Gasteiger partial charge is 0.0622 e. The van der Waals surface area contributed by atoms with Crippen LogP contribution in [0, 0.1) is 11.8 Å². The van der Waals surface area contributed by atoms with E-state index < -0.39 is 0 Å². The molecule has 0 unspecified atom stereocenters. The fourth-order valence-electron chi connectivity index (χ4n) is 4.90. The van der Waals surface area contributed by atoms with Crippen molar-refractivity contribution in [1.82, 2.24) is 9.80 Å². The minimum Gasteiger partial charge on any atom is -0.380 e. The molecule has 0 aromatic rings. The second kappa shape index (κ2) is 4.77. The van der Waals surface area contributed by atoms with Crippen LogP contribution >= 0.6 is 0 Å². The van der Waals surface area contributed by atoms with Crippen LogP contribution in [0.5, 0.6) is 0 Å². The van der Waals surface area contributed by atoms with Crippen LogP contribution in [0.15, 0.2) is 0 Å². The van der Waals surface area contributed by atoms with Crippen LogP contribution in [0.4, 0.5) is 0 Å². The van der Waals surface area contributed by atoms with Crippen molar-refractivity contribution < 1.29 is 4.74 Å². The number of fused-ring (bicyclic) bond motifs is 2. The number of nitrogens with zero attached hydrogens (tertiary/aromatic N) is 2. The molecule has 0 amide bonds. The number of hydrogen-bond acceptors (Lipinski definition) is 3. The van der Waals surface area contributed by atoms with E-state index in [1.807, 2.05) is 0 Å². The quantitative estimate of drug-likeness (QED) is 0.740. The van der Waals surface area contributed by atoms with Gasteiger partial charge in [0.25, 0.3) is 0 Å². The van der Waals surface area contributed by atoms with Crippen molar-refractivity contribution in [3.8, 4) is 0 Å². The lowest BCUT2D eigenvalue weighted by atomic mass is 9.93. The summed E-state index contributed by atoms with van der Waals surface area (Å²) in [7, 11) is 0. The van der Waals surface area contributed by atoms with E-state index in [1.165, 1.54) is 51.9 Å². The maximum absolute atomic E-state index is 5.52. The normalized spacial score (nSPS) is 46.0. The van der Waals surface area contributed by atoms with Crippen LogP contribution in [0.25, 0.3) is 0 Å². The minimum absolute atomic E-state index is 0.729. The number of rotatable bonds is 2. The summed E-state index contributed by atoms with van der Waals surface area (Å²) in [5.41, 5.74) is 0. The zero-order chi connectivity index (χ0) is 11.9. The molecule has 4 fully saturated rings. The molecule has 0 aromatic carbocycles. The Kier molecular flexibility index (Phi) is 3.10. The van der Waals surface area contributed by atoms with Crippen LogP contribution in [0.1, 0.15) is 32.1 Å². The van der Waals surface area contributed by atoms with Gasteiger partial charge >= 0.3 is 0 Å². The molecule has 2 saturated carbocycles. The van der Waals surface area contributed by atoms with E-state index in [0.29, 0.717) is 0 Å². The monoisotopic (exact) mass is 250 g/mol. The van der Waals surface area contributed by atoms with Crippen molar-refractivity contribution in [2.24, 2.45) is 11.8 Å². The van der Waals surface area contributed by atoms with E-state index in [1.54, 1.807) is 6.42 Å². The summed E-state index contributed by atoms with van der Waals surface area (Å²) < 4.78 is 5.52. The third kappa shape index (κ3) is 2.00. The van der Waals surface area contributed by atoms with Crippen molar-refractivity contribution in [3.05, 3.63) is 0 Å². The number of hydrogen-bond donors (Lipinski definition) is 0. The summed E-state index contributed by atoms with van der Waals surface area (Å²) >= 11 is 0. The number of ether oxygens (including phenoxy) is 1. The third-order valence-electron chi connectivity index (χ3n) is 5.94. The molecule has 0 aromatic heterocycles. The van der Waals surface area contributed by atoms with Gasteiger partial charge in [0.2, 0.25) is 0 Å². The second-order valence-corrected chi connectivity index (χ2v) is 6.83. The zero-order valence-electron chi connectivity index (χ0n) is 11.4. The molecule has 18 heavy (non-hydrogen) atoms. The van der Waals surface area contributed by atoms with E-state index in [9.17, 15) is 0 Å². The van der Waals surface area contributed by atoms with E-state index in [-0.39, 0.29) is 0 Å². The average molecular weight is 250 g/mol. The van der Waals surface area contributed by atoms with Crippen LogP contribution in [-0.4, -0.2) is 61.3 Å². The Morgan fingerprint density at radius 1 is 0.833 bits per heavy atom. The van der Waals surface area contributed by atoms with Gasteiger partial charge in [0.05, 0.1) is 6.61 Å². The van der Waals surface area contributed by atoms with Gasteiger partial charge in [0.15, 0.2) is 0 Å². The molecule has 0 radical (unpaired) electrons. The molecule has 2 saturated heterocycles. The summed E-state index contributed by atoms with van der Waals surface area (Å²) in [6, 6.07) is 1.68. The highest BCUT2D eigenvalue weighted by Gasteiger charge is 2.43. The van der Waals surface area contributed by atoms with Crippen molar-refractivity contribution in [2.45, 2.75) is 44.2 Å². The van der Waals surface area contributed by atoms with Crippen molar-refractivity contribution in [3.63, 3.8) is 0 Å². The van der Waals surface area contributed by atoms with Crippen LogP contribution < -0.4 is 0 Å². The van der Waals surface area contributed by atoms with Crippen LogP contribution in [0.2, 0.25) is 0 Å². The largest absolute Gasteiger partial charge is 0.380 e. The fourth-order valence-corrected chi connectivity index (χ4v) is 4.90. The third-order valence-corrected chi connectivity index (χ3v) is 5.94. The van der Waals surface area contributed by atoms with E-state index in [2.05, 4.69) is 9.80 Å². The Morgan fingerprint density at radius 3 is 2.28 bits per heavy atom. The molecular weight excluding hydrogens is 224 g/mol. The second-order valence-electron chi connectivity index (χ2n) is 6.83. The van der Waals surface area contributed by atoms with Gasteiger partial charge in [-0.1, -0.05) is 6.42 Å². The van der Waals surface area contributed by atoms with Gasteiger partial charge in [0, 0.05) is 44.9 Å². The lowest BCUT2D eigenvalue weighted by Gasteiger charge is -2.42. The van der Waals surface area contributed by atoms with Gasteiger partial charge in [-0.15, -0.1) is 0 Å². The van der Waals surface area contributed by atoms with E-state index >= 15 is 0 Å². The van der Waals surface area contributed by atoms with Gasteiger partial charge in [0.1, 0.15) is 0 Å². The maximum atomic E-state index is 5.52. The van der Waals surface area contributed by atoms with Gasteiger partial charge in [-0.3, -0.25) is 9.80 Å². The van der Waals surface area contributed by atoms with E-state index in [0.717, 1.165) is 37.1 Å². The molecule has 2 aliphatic carbocycles. The molecule has 0 N–H and O–H groups in total. The number of piperazine rings is 1. The first-order chi connectivity index (χ1) is 8.90. The minimum atomic E-state index is 0.729. The first-order valence-corrected chi connectivity index (χ1v) is 7.96. The summed E-state index contributed by atoms with van der Waals surface area (Å²) in [6.45, 7) is 7.14. The van der Waals surface area contributed by atoms with Gasteiger partial charge in [-0.25, -0.2) is 0 Å². The summed E-state index contributed by atoms with van der Waals surface area (Å²) in [4.78, 5) is 5.49. The van der Waals surface area contributed by atoms with Crippen molar-refractivity contribution in [2.75, 3.05) is 39.4 Å². The predicted octanol–water partition coefficient (Wildman–Crippen LogP) is 1.58.